The predicted molar refractivity (Wildman–Crippen MR) is 156 cm³/mol. The van der Waals surface area contributed by atoms with E-state index in [1.807, 2.05) is 44.2 Å². The summed E-state index contributed by atoms with van der Waals surface area (Å²) in [5.74, 6) is -1.15. The maximum absolute atomic E-state index is 13.3. The Hall–Kier alpha value is -3.58. The molecule has 43 heavy (non-hydrogen) atoms. The first-order valence-corrected chi connectivity index (χ1v) is 15.0. The topological polar surface area (TPSA) is 90.0 Å². The van der Waals surface area contributed by atoms with E-state index in [1.54, 1.807) is 0 Å². The predicted octanol–water partition coefficient (Wildman–Crippen LogP) is 5.20. The number of carbonyl (C=O) groups excluding carboxylic acids is 2. The average molecular weight is 600 g/mol. The number of amides is 2. The summed E-state index contributed by atoms with van der Waals surface area (Å²) in [5, 5.41) is 10.5. The summed E-state index contributed by atoms with van der Waals surface area (Å²) in [5.41, 5.74) is 10.3. The van der Waals surface area contributed by atoms with Crippen molar-refractivity contribution < 1.29 is 32.7 Å². The van der Waals surface area contributed by atoms with E-state index in [-0.39, 0.29) is 23.8 Å². The number of halogens is 3. The van der Waals surface area contributed by atoms with Gasteiger partial charge in [-0.25, -0.2) is 4.79 Å². The summed E-state index contributed by atoms with van der Waals surface area (Å²) < 4.78 is 31.7. The van der Waals surface area contributed by atoms with Crippen LogP contribution in [-0.2, 0) is 9.59 Å². The van der Waals surface area contributed by atoms with Crippen molar-refractivity contribution in [3.63, 3.8) is 0 Å². The molecule has 2 aliphatic carbocycles. The summed E-state index contributed by atoms with van der Waals surface area (Å²) in [4.78, 5) is 39.8. The molecule has 0 radical (unpaired) electrons. The van der Waals surface area contributed by atoms with Gasteiger partial charge >= 0.3 is 12.1 Å². The SMILES string of the molecule is Cc1cccc(C)c1C(=O)N1CC2CN(CCC(NC(=O)C3CCCCC3)C3=C=C=CC=C3)C[C@H]2C1.O=C(O)C(F)(F)F. The van der Waals surface area contributed by atoms with Crippen molar-refractivity contribution in [1.29, 1.82) is 0 Å². The summed E-state index contributed by atoms with van der Waals surface area (Å²) >= 11 is 0. The van der Waals surface area contributed by atoms with Crippen LogP contribution in [0.4, 0.5) is 13.2 Å². The molecule has 0 bridgehead atoms. The van der Waals surface area contributed by atoms with Crippen molar-refractivity contribution in [2.24, 2.45) is 17.8 Å². The molecule has 2 unspecified atom stereocenters. The van der Waals surface area contributed by atoms with Crippen LogP contribution >= 0.6 is 0 Å². The van der Waals surface area contributed by atoms with E-state index in [0.29, 0.717) is 11.8 Å². The molecule has 2 heterocycles. The molecular formula is C33H40F3N3O4. The zero-order valence-electron chi connectivity index (χ0n) is 24.8. The van der Waals surface area contributed by atoms with Gasteiger partial charge in [-0.05, 0) is 68.2 Å². The number of alkyl halides is 3. The van der Waals surface area contributed by atoms with Crippen molar-refractivity contribution in [3.8, 4) is 0 Å². The molecule has 0 aromatic heterocycles. The fourth-order valence-corrected chi connectivity index (χ4v) is 6.59. The second kappa shape index (κ2) is 14.3. The van der Waals surface area contributed by atoms with Gasteiger partial charge in [0.15, 0.2) is 0 Å². The Morgan fingerprint density at radius 3 is 2.16 bits per heavy atom. The standard InChI is InChI=1S/C31H39N3O2.C2HF3O2/c1-22-10-9-11-23(2)29(22)31(36)34-20-26-18-33(19-27(26)21-34)17-16-28(24-12-5-3-6-13-24)32-30(35)25-14-7-4-8-15-25;3-2(4,5)1(6)7/h3,5,9-12,25-28H,4,7-8,14-21H2,1-2H3,(H,32,35);(H,6,7)/t26-,27?,28?;/m0./s1. The van der Waals surface area contributed by atoms with Crippen molar-refractivity contribution in [3.05, 3.63) is 70.2 Å². The molecule has 1 aromatic carbocycles. The van der Waals surface area contributed by atoms with Crippen LogP contribution in [0.1, 0.15) is 60.0 Å². The minimum Gasteiger partial charge on any atom is -0.475 e. The first-order chi connectivity index (χ1) is 20.4. The number of carboxylic acid groups (broad SMARTS) is 1. The zero-order valence-corrected chi connectivity index (χ0v) is 24.8. The summed E-state index contributed by atoms with van der Waals surface area (Å²) in [7, 11) is 0. The van der Waals surface area contributed by atoms with Gasteiger partial charge in [-0.3, -0.25) is 9.59 Å². The van der Waals surface area contributed by atoms with Crippen LogP contribution in [0.25, 0.3) is 0 Å². The van der Waals surface area contributed by atoms with Crippen LogP contribution in [-0.4, -0.2) is 77.6 Å². The van der Waals surface area contributed by atoms with Gasteiger partial charge in [-0.2, -0.15) is 13.2 Å². The van der Waals surface area contributed by atoms with Gasteiger partial charge in [0.25, 0.3) is 5.91 Å². The lowest BCUT2D eigenvalue weighted by molar-refractivity contribution is -0.192. The number of carbonyl (C=O) groups is 3. The highest BCUT2D eigenvalue weighted by Gasteiger charge is 2.42. The smallest absolute Gasteiger partial charge is 0.475 e. The maximum atomic E-state index is 13.3. The highest BCUT2D eigenvalue weighted by molar-refractivity contribution is 5.97. The Morgan fingerprint density at radius 2 is 1.63 bits per heavy atom. The number of nitrogens with zero attached hydrogens (tertiary/aromatic N) is 2. The molecule has 4 aliphatic rings. The van der Waals surface area contributed by atoms with Crippen molar-refractivity contribution in [2.45, 2.75) is 64.6 Å². The molecule has 232 valence electrons. The normalized spacial score (nSPS) is 22.4. The van der Waals surface area contributed by atoms with E-state index < -0.39 is 12.1 Å². The molecule has 5 rings (SSSR count). The van der Waals surface area contributed by atoms with E-state index in [1.165, 1.54) is 6.42 Å². The maximum Gasteiger partial charge on any atom is 0.490 e. The third-order valence-corrected chi connectivity index (χ3v) is 8.86. The number of hydrogen-bond acceptors (Lipinski definition) is 4. The highest BCUT2D eigenvalue weighted by atomic mass is 19.4. The van der Waals surface area contributed by atoms with Gasteiger partial charge in [-0.1, -0.05) is 55.0 Å². The van der Waals surface area contributed by atoms with Crippen LogP contribution in [0.2, 0.25) is 0 Å². The van der Waals surface area contributed by atoms with Gasteiger partial charge in [0, 0.05) is 49.8 Å². The molecule has 0 spiro atoms. The second-order valence-corrected chi connectivity index (χ2v) is 12.0. The number of rotatable bonds is 7. The lowest BCUT2D eigenvalue weighted by Crippen LogP contribution is -2.42. The van der Waals surface area contributed by atoms with Crippen LogP contribution < -0.4 is 5.32 Å². The van der Waals surface area contributed by atoms with Gasteiger partial charge in [0.05, 0.1) is 6.04 Å². The van der Waals surface area contributed by atoms with Crippen molar-refractivity contribution in [2.75, 3.05) is 32.7 Å². The molecule has 7 nitrogen and oxygen atoms in total. The van der Waals surface area contributed by atoms with E-state index in [0.717, 1.165) is 87.1 Å². The average Bonchev–Trinajstić information content (AvgIpc) is 3.55. The first-order valence-electron chi connectivity index (χ1n) is 15.0. The van der Waals surface area contributed by atoms with E-state index in [2.05, 4.69) is 32.7 Å². The van der Waals surface area contributed by atoms with Crippen molar-refractivity contribution >= 4 is 17.8 Å². The Balaban J connectivity index is 0.000000541. The number of aliphatic carboxylic acids is 1. The van der Waals surface area contributed by atoms with E-state index in [4.69, 9.17) is 9.90 Å². The number of benzene rings is 1. The highest BCUT2D eigenvalue weighted by Crippen LogP contribution is 2.33. The van der Waals surface area contributed by atoms with Crippen molar-refractivity contribution in [1.82, 2.24) is 15.1 Å². The van der Waals surface area contributed by atoms with Crippen LogP contribution in [0, 0.1) is 31.6 Å². The van der Waals surface area contributed by atoms with Crippen LogP contribution in [0.3, 0.4) is 0 Å². The molecule has 1 saturated carbocycles. The minimum absolute atomic E-state index is 0.0283. The number of likely N-dealkylation sites (tertiary alicyclic amines) is 2. The van der Waals surface area contributed by atoms with Crippen LogP contribution in [0.5, 0.6) is 0 Å². The Labute approximate surface area is 250 Å². The molecule has 1 aromatic rings. The fraction of sp³-hybridized carbons (Fsp3) is 0.545. The Kier molecular flexibility index (Phi) is 10.7. The fourth-order valence-electron chi connectivity index (χ4n) is 6.59. The molecule has 2 amide bonds. The number of hydrogen-bond donors (Lipinski definition) is 2. The minimum atomic E-state index is -5.08. The van der Waals surface area contributed by atoms with Gasteiger partial charge in [-0.15, -0.1) is 0 Å². The lowest BCUT2D eigenvalue weighted by Gasteiger charge is -2.27. The monoisotopic (exact) mass is 599 g/mol. The number of carboxylic acids is 1. The van der Waals surface area contributed by atoms with Crippen LogP contribution in [0.15, 0.2) is 53.5 Å². The van der Waals surface area contributed by atoms with Gasteiger partial charge < -0.3 is 20.2 Å². The Bertz CT molecular complexity index is 1300. The number of nitrogens with one attached hydrogen (secondary N) is 1. The first kappa shape index (κ1) is 32.3. The molecule has 2 N–H and O–H groups in total. The molecule has 10 heteroatoms. The third kappa shape index (κ3) is 8.50. The number of fused-ring (bicyclic) bond motifs is 1. The third-order valence-electron chi connectivity index (χ3n) is 8.86. The Morgan fingerprint density at radius 1 is 1.02 bits per heavy atom. The molecule has 3 fully saturated rings. The molecular weight excluding hydrogens is 559 g/mol. The molecule has 2 saturated heterocycles. The molecule has 3 atom stereocenters. The summed E-state index contributed by atoms with van der Waals surface area (Å²) in [6.07, 6.45) is 7.27. The summed E-state index contributed by atoms with van der Waals surface area (Å²) in [6, 6.07) is 6.06. The van der Waals surface area contributed by atoms with Gasteiger partial charge in [0.1, 0.15) is 0 Å². The zero-order chi connectivity index (χ0) is 31.1. The van der Waals surface area contributed by atoms with E-state index >= 15 is 0 Å². The van der Waals surface area contributed by atoms with E-state index in [9.17, 15) is 22.8 Å². The van der Waals surface area contributed by atoms with Gasteiger partial charge in [0.2, 0.25) is 5.91 Å². The second-order valence-electron chi connectivity index (χ2n) is 12.0. The summed E-state index contributed by atoms with van der Waals surface area (Å²) in [6.45, 7) is 8.74. The number of allylic oxidation sites excluding steroid dienone is 2. The quantitative estimate of drug-likeness (QED) is 0.421. The largest absolute Gasteiger partial charge is 0.490 e. The number of aryl methyl sites for hydroxylation is 2. The molecule has 2 aliphatic heterocycles. The lowest BCUT2D eigenvalue weighted by atomic mass is 9.88.